The third-order valence-electron chi connectivity index (χ3n) is 4.67. The normalized spacial score (nSPS) is 17.7. The highest BCUT2D eigenvalue weighted by Crippen LogP contribution is 2.42. The Morgan fingerprint density at radius 1 is 1.28 bits per heavy atom. The van der Waals surface area contributed by atoms with Crippen LogP contribution in [0, 0.1) is 11.6 Å². The Kier molecular flexibility index (Phi) is 9.06. The number of benzene rings is 1. The van der Waals surface area contributed by atoms with Crippen molar-refractivity contribution in [2.75, 3.05) is 27.3 Å². The highest BCUT2D eigenvalue weighted by molar-refractivity contribution is 14.0. The van der Waals surface area contributed by atoms with E-state index in [-0.39, 0.29) is 35.6 Å². The largest absolute Gasteiger partial charge is 0.383 e. The molecule has 1 aromatic carbocycles. The number of methoxy groups -OCH3 is 1. The topological polar surface area (TPSA) is 45.7 Å². The van der Waals surface area contributed by atoms with Gasteiger partial charge in [-0.15, -0.1) is 24.0 Å². The number of guanidine groups is 1. The Labute approximate surface area is 165 Å². The van der Waals surface area contributed by atoms with E-state index >= 15 is 0 Å². The molecule has 0 radical (unpaired) electrons. The van der Waals surface area contributed by atoms with Crippen LogP contribution in [0.25, 0.3) is 0 Å². The summed E-state index contributed by atoms with van der Waals surface area (Å²) in [6, 6.07) is 4.18. The van der Waals surface area contributed by atoms with Gasteiger partial charge in [0.15, 0.2) is 5.96 Å². The van der Waals surface area contributed by atoms with Gasteiger partial charge < -0.3 is 15.4 Å². The molecule has 0 aliphatic heterocycles. The van der Waals surface area contributed by atoms with E-state index in [9.17, 15) is 8.78 Å². The third kappa shape index (κ3) is 5.51. The lowest BCUT2D eigenvalue weighted by atomic mass is 9.78. The second-order valence-electron chi connectivity index (χ2n) is 6.51. The van der Waals surface area contributed by atoms with Crippen LogP contribution in [0.15, 0.2) is 23.2 Å². The zero-order valence-corrected chi connectivity index (χ0v) is 17.4. The molecule has 0 heterocycles. The van der Waals surface area contributed by atoms with Crippen molar-refractivity contribution in [3.05, 3.63) is 35.4 Å². The van der Waals surface area contributed by atoms with Crippen molar-refractivity contribution in [1.82, 2.24) is 10.6 Å². The van der Waals surface area contributed by atoms with Crippen molar-refractivity contribution in [1.29, 1.82) is 0 Å². The first kappa shape index (κ1) is 22.1. The minimum Gasteiger partial charge on any atom is -0.383 e. The number of aliphatic imine (C=N–C) groups is 1. The fraction of sp³-hybridized carbons (Fsp3) is 0.611. The van der Waals surface area contributed by atoms with Gasteiger partial charge in [0.2, 0.25) is 0 Å². The average molecular weight is 467 g/mol. The highest BCUT2D eigenvalue weighted by Gasteiger charge is 2.40. The van der Waals surface area contributed by atoms with Gasteiger partial charge in [-0.1, -0.05) is 18.9 Å². The molecule has 1 atom stereocenters. The van der Waals surface area contributed by atoms with E-state index in [1.54, 1.807) is 14.2 Å². The second-order valence-corrected chi connectivity index (χ2v) is 6.51. The quantitative estimate of drug-likeness (QED) is 0.382. The molecule has 0 amide bonds. The lowest BCUT2D eigenvalue weighted by Crippen LogP contribution is -2.48. The molecule has 2 N–H and O–H groups in total. The van der Waals surface area contributed by atoms with Crippen molar-refractivity contribution < 1.29 is 13.5 Å². The smallest absolute Gasteiger partial charge is 0.191 e. The molecule has 0 saturated heterocycles. The van der Waals surface area contributed by atoms with Crippen LogP contribution in [0.3, 0.4) is 0 Å². The summed E-state index contributed by atoms with van der Waals surface area (Å²) in [5.41, 5.74) is -0.326. The average Bonchev–Trinajstić information content (AvgIpc) is 3.01. The summed E-state index contributed by atoms with van der Waals surface area (Å²) in [5, 5.41) is 6.46. The molecule has 25 heavy (non-hydrogen) atoms. The van der Waals surface area contributed by atoms with Crippen LogP contribution >= 0.6 is 24.0 Å². The number of hydrogen-bond donors (Lipinski definition) is 2. The monoisotopic (exact) mass is 467 g/mol. The maximum atomic E-state index is 14.3. The van der Waals surface area contributed by atoms with Crippen molar-refractivity contribution in [2.45, 2.75) is 44.1 Å². The molecule has 4 nitrogen and oxygen atoms in total. The molecule has 1 aliphatic rings. The standard InChI is InChI=1S/C18H27F2N3O.HI/c1-13(11-24-3)23-17(21-2)22-12-18(9-4-5-10-18)16-14(19)7-6-8-15(16)20;/h6-8,13H,4-5,9-12H2,1-3H3,(H2,21,22,23);1H. The molecular formula is C18H28F2IN3O. The molecule has 1 aromatic rings. The maximum absolute atomic E-state index is 14.3. The molecule has 7 heteroatoms. The van der Waals surface area contributed by atoms with Crippen LogP contribution in [0.4, 0.5) is 8.78 Å². The van der Waals surface area contributed by atoms with E-state index in [0.717, 1.165) is 25.7 Å². The molecule has 1 aliphatic carbocycles. The number of nitrogens with one attached hydrogen (secondary N) is 2. The van der Waals surface area contributed by atoms with E-state index in [2.05, 4.69) is 15.6 Å². The molecule has 0 bridgehead atoms. The third-order valence-corrected chi connectivity index (χ3v) is 4.67. The summed E-state index contributed by atoms with van der Waals surface area (Å²) in [4.78, 5) is 4.19. The van der Waals surface area contributed by atoms with Gasteiger partial charge in [0, 0.05) is 37.7 Å². The SMILES string of the molecule is CN=C(NCC1(c2c(F)cccc2F)CCCC1)NC(C)COC.I. The van der Waals surface area contributed by atoms with Gasteiger partial charge in [-0.2, -0.15) is 0 Å². The van der Waals surface area contributed by atoms with Gasteiger partial charge in [0.1, 0.15) is 11.6 Å². The van der Waals surface area contributed by atoms with Gasteiger partial charge in [0.25, 0.3) is 0 Å². The number of nitrogens with zero attached hydrogens (tertiary/aromatic N) is 1. The van der Waals surface area contributed by atoms with E-state index < -0.39 is 17.0 Å². The number of hydrogen-bond acceptors (Lipinski definition) is 2. The maximum Gasteiger partial charge on any atom is 0.191 e. The number of rotatable bonds is 6. The molecular weight excluding hydrogens is 439 g/mol. The van der Waals surface area contributed by atoms with Gasteiger partial charge in [-0.05, 0) is 31.9 Å². The van der Waals surface area contributed by atoms with E-state index in [1.807, 2.05) is 6.92 Å². The Morgan fingerprint density at radius 2 is 1.88 bits per heavy atom. The zero-order valence-electron chi connectivity index (χ0n) is 15.1. The van der Waals surface area contributed by atoms with Crippen molar-refractivity contribution >= 4 is 29.9 Å². The van der Waals surface area contributed by atoms with Crippen LogP contribution in [0.1, 0.15) is 38.2 Å². The summed E-state index contributed by atoms with van der Waals surface area (Å²) in [6.45, 7) is 2.98. The Morgan fingerprint density at radius 3 is 2.40 bits per heavy atom. The van der Waals surface area contributed by atoms with Crippen molar-refractivity contribution in [3.8, 4) is 0 Å². The molecule has 0 spiro atoms. The summed E-state index contributed by atoms with van der Waals surface area (Å²) in [5.74, 6) is -0.314. The van der Waals surface area contributed by atoms with Crippen LogP contribution in [-0.4, -0.2) is 39.3 Å². The predicted octanol–water partition coefficient (Wildman–Crippen LogP) is 3.59. The summed E-state index contributed by atoms with van der Waals surface area (Å²) in [7, 11) is 3.32. The summed E-state index contributed by atoms with van der Waals surface area (Å²) in [6.07, 6.45) is 3.48. The highest BCUT2D eigenvalue weighted by atomic mass is 127. The van der Waals surface area contributed by atoms with Crippen LogP contribution < -0.4 is 10.6 Å². The van der Waals surface area contributed by atoms with Crippen LogP contribution in [0.5, 0.6) is 0 Å². The summed E-state index contributed by atoms with van der Waals surface area (Å²) >= 11 is 0. The first-order valence-corrected chi connectivity index (χ1v) is 8.43. The summed E-state index contributed by atoms with van der Waals surface area (Å²) < 4.78 is 33.8. The Bertz CT molecular complexity index is 557. The van der Waals surface area contributed by atoms with Crippen LogP contribution in [-0.2, 0) is 10.2 Å². The Balaban J connectivity index is 0.00000312. The van der Waals surface area contributed by atoms with Crippen molar-refractivity contribution in [2.24, 2.45) is 4.99 Å². The van der Waals surface area contributed by atoms with Crippen LogP contribution in [0.2, 0.25) is 0 Å². The molecule has 1 unspecified atom stereocenters. The van der Waals surface area contributed by atoms with Gasteiger partial charge in [0.05, 0.1) is 6.61 Å². The van der Waals surface area contributed by atoms with Gasteiger partial charge in [-0.25, -0.2) is 8.78 Å². The van der Waals surface area contributed by atoms with E-state index in [0.29, 0.717) is 19.1 Å². The zero-order chi connectivity index (χ0) is 17.6. The Hall–Kier alpha value is -0.960. The van der Waals surface area contributed by atoms with E-state index in [4.69, 9.17) is 4.74 Å². The minimum atomic E-state index is -0.530. The van der Waals surface area contributed by atoms with Crippen molar-refractivity contribution in [3.63, 3.8) is 0 Å². The number of halogens is 3. The fourth-order valence-electron chi connectivity index (χ4n) is 3.54. The molecule has 2 rings (SSSR count). The molecule has 1 fully saturated rings. The molecule has 0 aromatic heterocycles. The predicted molar refractivity (Wildman–Crippen MR) is 108 cm³/mol. The first-order chi connectivity index (χ1) is 11.5. The van der Waals surface area contributed by atoms with Gasteiger partial charge in [-0.3, -0.25) is 4.99 Å². The lowest BCUT2D eigenvalue weighted by molar-refractivity contribution is 0.179. The second kappa shape index (κ2) is 10.3. The lowest BCUT2D eigenvalue weighted by Gasteiger charge is -2.31. The minimum absolute atomic E-state index is 0. The molecule has 142 valence electrons. The first-order valence-electron chi connectivity index (χ1n) is 8.43. The fourth-order valence-corrected chi connectivity index (χ4v) is 3.54. The number of ether oxygens (including phenoxy) is 1. The molecule has 1 saturated carbocycles. The van der Waals surface area contributed by atoms with E-state index in [1.165, 1.54) is 18.2 Å². The van der Waals surface area contributed by atoms with Gasteiger partial charge >= 0.3 is 0 Å².